The molecule has 2 amide bonds. The van der Waals surface area contributed by atoms with Crippen molar-refractivity contribution in [3.05, 3.63) is 54.1 Å². The van der Waals surface area contributed by atoms with Gasteiger partial charge in [0.25, 0.3) is 0 Å². The van der Waals surface area contributed by atoms with Crippen molar-refractivity contribution >= 4 is 17.7 Å². The lowest BCUT2D eigenvalue weighted by Crippen LogP contribution is -2.53. The van der Waals surface area contributed by atoms with Gasteiger partial charge in [0, 0.05) is 19.3 Å². The molecule has 0 aliphatic carbocycles. The van der Waals surface area contributed by atoms with Gasteiger partial charge in [0.1, 0.15) is 6.04 Å². The van der Waals surface area contributed by atoms with E-state index in [-0.39, 0.29) is 5.91 Å². The maximum Gasteiger partial charge on any atom is 0.407 e. The standard InChI is InChI=1S/C25H35N3O3/c1-25(2,3)22(28-24(30)31-5)23(29)27-17-7-6-8-18-9-11-19(12-10-18)20-13-15-21(26-4)16-14-20/h9-16,22,26H,6-8,17H2,1-5H3,(H,27,29)(H,28,30). The van der Waals surface area contributed by atoms with Crippen molar-refractivity contribution in [2.45, 2.75) is 46.1 Å². The van der Waals surface area contributed by atoms with Crippen LogP contribution in [0.2, 0.25) is 0 Å². The minimum absolute atomic E-state index is 0.188. The van der Waals surface area contributed by atoms with Crippen molar-refractivity contribution in [1.29, 1.82) is 0 Å². The molecular weight excluding hydrogens is 390 g/mol. The van der Waals surface area contributed by atoms with E-state index in [2.05, 4.69) is 69.2 Å². The summed E-state index contributed by atoms with van der Waals surface area (Å²) >= 11 is 0. The molecule has 168 valence electrons. The summed E-state index contributed by atoms with van der Waals surface area (Å²) < 4.78 is 4.63. The van der Waals surface area contributed by atoms with E-state index in [1.54, 1.807) is 0 Å². The van der Waals surface area contributed by atoms with Crippen molar-refractivity contribution in [2.24, 2.45) is 5.41 Å². The van der Waals surface area contributed by atoms with Gasteiger partial charge in [-0.3, -0.25) is 4.79 Å². The van der Waals surface area contributed by atoms with Crippen molar-refractivity contribution in [2.75, 3.05) is 26.0 Å². The Balaban J connectivity index is 1.77. The average Bonchev–Trinajstić information content (AvgIpc) is 2.76. The lowest BCUT2D eigenvalue weighted by atomic mass is 9.86. The summed E-state index contributed by atoms with van der Waals surface area (Å²) in [7, 11) is 3.20. The number of anilines is 1. The normalized spacial score (nSPS) is 12.0. The van der Waals surface area contributed by atoms with E-state index in [1.807, 2.05) is 27.8 Å². The Morgan fingerprint density at radius 3 is 2.03 bits per heavy atom. The Bertz CT molecular complexity index is 840. The number of carbonyl (C=O) groups excluding carboxylic acids is 2. The Kier molecular flexibility index (Phi) is 8.91. The van der Waals surface area contributed by atoms with Gasteiger partial charge in [-0.2, -0.15) is 0 Å². The molecule has 1 atom stereocenters. The smallest absolute Gasteiger partial charge is 0.407 e. The SMILES string of the molecule is CNc1ccc(-c2ccc(CCCCNC(=O)C(NC(=O)OC)C(C)(C)C)cc2)cc1. The molecule has 0 aliphatic heterocycles. The lowest BCUT2D eigenvalue weighted by molar-refractivity contribution is -0.125. The van der Waals surface area contributed by atoms with E-state index in [0.29, 0.717) is 6.54 Å². The van der Waals surface area contributed by atoms with Gasteiger partial charge in [-0.05, 0) is 53.5 Å². The first-order valence-electron chi connectivity index (χ1n) is 10.7. The van der Waals surface area contributed by atoms with Crippen LogP contribution in [0.5, 0.6) is 0 Å². The number of benzene rings is 2. The molecule has 0 saturated heterocycles. The molecule has 1 unspecified atom stereocenters. The molecule has 2 aromatic rings. The van der Waals surface area contributed by atoms with Crippen LogP contribution in [-0.2, 0) is 16.0 Å². The molecule has 0 spiro atoms. The van der Waals surface area contributed by atoms with Crippen molar-refractivity contribution in [3.63, 3.8) is 0 Å². The van der Waals surface area contributed by atoms with Crippen LogP contribution in [0.1, 0.15) is 39.2 Å². The third-order valence-electron chi connectivity index (χ3n) is 5.23. The zero-order valence-electron chi connectivity index (χ0n) is 19.2. The summed E-state index contributed by atoms with van der Waals surface area (Å²) in [5.41, 5.74) is 4.37. The van der Waals surface area contributed by atoms with Crippen LogP contribution < -0.4 is 16.0 Å². The van der Waals surface area contributed by atoms with E-state index >= 15 is 0 Å². The van der Waals surface area contributed by atoms with Crippen LogP contribution in [0, 0.1) is 5.41 Å². The Morgan fingerprint density at radius 2 is 1.52 bits per heavy atom. The highest BCUT2D eigenvalue weighted by molar-refractivity contribution is 5.86. The van der Waals surface area contributed by atoms with Gasteiger partial charge in [-0.1, -0.05) is 57.2 Å². The number of unbranched alkanes of at least 4 members (excludes halogenated alkanes) is 1. The maximum absolute atomic E-state index is 12.5. The van der Waals surface area contributed by atoms with Crippen LogP contribution in [0.15, 0.2) is 48.5 Å². The van der Waals surface area contributed by atoms with E-state index in [9.17, 15) is 9.59 Å². The highest BCUT2D eigenvalue weighted by Crippen LogP contribution is 2.22. The fraction of sp³-hybridized carbons (Fsp3) is 0.440. The van der Waals surface area contributed by atoms with Crippen LogP contribution in [-0.4, -0.2) is 38.7 Å². The summed E-state index contributed by atoms with van der Waals surface area (Å²) in [6.45, 7) is 6.30. The lowest BCUT2D eigenvalue weighted by Gasteiger charge is -2.29. The molecule has 0 aromatic heterocycles. The summed E-state index contributed by atoms with van der Waals surface area (Å²) in [6.07, 6.45) is 2.20. The van der Waals surface area contributed by atoms with Gasteiger partial charge >= 0.3 is 6.09 Å². The van der Waals surface area contributed by atoms with Gasteiger partial charge in [0.2, 0.25) is 5.91 Å². The quantitative estimate of drug-likeness (QED) is 0.513. The topological polar surface area (TPSA) is 79.5 Å². The molecule has 0 saturated carbocycles. The van der Waals surface area contributed by atoms with Gasteiger partial charge in [-0.15, -0.1) is 0 Å². The van der Waals surface area contributed by atoms with Crippen molar-refractivity contribution in [3.8, 4) is 11.1 Å². The van der Waals surface area contributed by atoms with E-state index in [0.717, 1.165) is 24.9 Å². The van der Waals surface area contributed by atoms with Gasteiger partial charge in [0.15, 0.2) is 0 Å². The molecule has 0 fully saturated rings. The molecule has 0 bridgehead atoms. The monoisotopic (exact) mass is 425 g/mol. The third-order valence-corrected chi connectivity index (χ3v) is 5.23. The predicted octanol–water partition coefficient (Wildman–Crippen LogP) is 4.60. The number of amides is 2. The number of hydrogen-bond donors (Lipinski definition) is 3. The summed E-state index contributed by atoms with van der Waals surface area (Å²) in [5, 5.41) is 8.68. The second kappa shape index (κ2) is 11.4. The fourth-order valence-corrected chi connectivity index (χ4v) is 3.31. The summed E-state index contributed by atoms with van der Waals surface area (Å²) in [5.74, 6) is -0.188. The van der Waals surface area contributed by atoms with Crippen LogP contribution in [0.4, 0.5) is 10.5 Å². The number of ether oxygens (including phenoxy) is 1. The molecule has 0 aliphatic rings. The molecule has 0 radical (unpaired) electrons. The second-order valence-electron chi connectivity index (χ2n) is 8.71. The number of nitrogens with one attached hydrogen (secondary N) is 3. The Morgan fingerprint density at radius 1 is 0.935 bits per heavy atom. The van der Waals surface area contributed by atoms with E-state index in [4.69, 9.17) is 0 Å². The predicted molar refractivity (Wildman–Crippen MR) is 126 cm³/mol. The van der Waals surface area contributed by atoms with Crippen molar-refractivity contribution in [1.82, 2.24) is 10.6 Å². The molecule has 6 nitrogen and oxygen atoms in total. The molecular formula is C25H35N3O3. The number of methoxy groups -OCH3 is 1. The van der Waals surface area contributed by atoms with Crippen LogP contribution >= 0.6 is 0 Å². The minimum atomic E-state index is -0.644. The molecule has 0 heterocycles. The first-order valence-corrected chi connectivity index (χ1v) is 10.7. The summed E-state index contributed by atoms with van der Waals surface area (Å²) in [4.78, 5) is 24.0. The zero-order valence-corrected chi connectivity index (χ0v) is 19.2. The van der Waals surface area contributed by atoms with Crippen molar-refractivity contribution < 1.29 is 14.3 Å². The maximum atomic E-state index is 12.5. The number of carbonyl (C=O) groups is 2. The number of alkyl carbamates (subject to hydrolysis) is 1. The zero-order chi connectivity index (χ0) is 22.9. The highest BCUT2D eigenvalue weighted by atomic mass is 16.5. The molecule has 31 heavy (non-hydrogen) atoms. The fourth-order valence-electron chi connectivity index (χ4n) is 3.31. The molecule has 3 N–H and O–H groups in total. The van der Waals surface area contributed by atoms with Gasteiger partial charge < -0.3 is 20.7 Å². The number of aryl methyl sites for hydroxylation is 1. The second-order valence-corrected chi connectivity index (χ2v) is 8.71. The van der Waals surface area contributed by atoms with Gasteiger partial charge in [-0.25, -0.2) is 4.79 Å². The van der Waals surface area contributed by atoms with Crippen LogP contribution in [0.25, 0.3) is 11.1 Å². The molecule has 2 aromatic carbocycles. The largest absolute Gasteiger partial charge is 0.453 e. The molecule has 6 heteroatoms. The molecule has 2 rings (SSSR count). The Hall–Kier alpha value is -3.02. The third kappa shape index (κ3) is 7.63. The first kappa shape index (κ1) is 24.3. The number of rotatable bonds is 9. The first-order chi connectivity index (χ1) is 14.7. The minimum Gasteiger partial charge on any atom is -0.453 e. The average molecular weight is 426 g/mol. The highest BCUT2D eigenvalue weighted by Gasteiger charge is 2.32. The Labute approximate surface area is 185 Å². The van der Waals surface area contributed by atoms with Gasteiger partial charge in [0.05, 0.1) is 7.11 Å². The van der Waals surface area contributed by atoms with E-state index in [1.165, 1.54) is 23.8 Å². The number of hydrogen-bond acceptors (Lipinski definition) is 4. The summed E-state index contributed by atoms with van der Waals surface area (Å²) in [6, 6.07) is 16.4. The van der Waals surface area contributed by atoms with E-state index < -0.39 is 17.6 Å². The van der Waals surface area contributed by atoms with Crippen LogP contribution in [0.3, 0.4) is 0 Å².